The Hall–Kier alpha value is -2.39. The summed E-state index contributed by atoms with van der Waals surface area (Å²) >= 11 is 0. The molecule has 0 fully saturated rings. The fourth-order valence-corrected chi connectivity index (χ4v) is 2.14. The summed E-state index contributed by atoms with van der Waals surface area (Å²) in [5, 5.41) is 1.76. The molecule has 0 spiro atoms. The van der Waals surface area contributed by atoms with E-state index in [2.05, 4.69) is 17.1 Å². The maximum absolute atomic E-state index is 5.65. The highest BCUT2D eigenvalue weighted by Crippen LogP contribution is 2.26. The maximum atomic E-state index is 5.65. The van der Waals surface area contributed by atoms with Crippen molar-refractivity contribution >= 4 is 12.0 Å². The molecule has 0 N–H and O–H groups in total. The summed E-state index contributed by atoms with van der Waals surface area (Å²) in [6.07, 6.45) is 3.82. The van der Waals surface area contributed by atoms with Crippen LogP contribution in [0, 0.1) is 0 Å². The molecule has 0 radical (unpaired) electrons. The quantitative estimate of drug-likeness (QED) is 0.845. The Morgan fingerprint density at radius 1 is 0.950 bits per heavy atom. The van der Waals surface area contributed by atoms with E-state index in [4.69, 9.17) is 4.84 Å². The van der Waals surface area contributed by atoms with Crippen molar-refractivity contribution in [3.8, 4) is 0 Å². The van der Waals surface area contributed by atoms with Gasteiger partial charge in [0.25, 0.3) is 0 Å². The molecule has 100 valence electrons. The molecule has 3 heteroatoms. The molecule has 2 aromatic carbocycles. The van der Waals surface area contributed by atoms with Crippen LogP contribution in [0.5, 0.6) is 0 Å². The van der Waals surface area contributed by atoms with Crippen LogP contribution in [0.1, 0.15) is 17.3 Å². The number of hydrogen-bond acceptors (Lipinski definition) is 3. The average Bonchev–Trinajstić information content (AvgIpc) is 2.88. The van der Waals surface area contributed by atoms with Crippen LogP contribution in [-0.2, 0) is 4.84 Å². The van der Waals surface area contributed by atoms with E-state index in [0.29, 0.717) is 5.90 Å². The number of aliphatic imine (C=N–C) groups is 1. The monoisotopic (exact) mass is 264 g/mol. The molecule has 0 aromatic heterocycles. The van der Waals surface area contributed by atoms with Crippen molar-refractivity contribution in [2.45, 2.75) is 6.17 Å². The molecule has 1 aliphatic heterocycles. The zero-order chi connectivity index (χ0) is 13.8. The Balaban J connectivity index is 1.77. The Morgan fingerprint density at radius 2 is 1.60 bits per heavy atom. The van der Waals surface area contributed by atoms with E-state index in [1.807, 2.05) is 67.7 Å². The SMILES string of the molecule is CN1OC(/C=C/c2ccccc2)=NC1c1ccccc1. The number of hydrogen-bond donors (Lipinski definition) is 0. The number of benzene rings is 2. The second-order valence-electron chi connectivity index (χ2n) is 4.63. The smallest absolute Gasteiger partial charge is 0.235 e. The molecular formula is C17H16N2O. The van der Waals surface area contributed by atoms with Gasteiger partial charge in [0, 0.05) is 13.1 Å². The lowest BCUT2D eigenvalue weighted by Crippen LogP contribution is -2.18. The number of hydroxylamine groups is 2. The van der Waals surface area contributed by atoms with E-state index in [9.17, 15) is 0 Å². The molecule has 1 aliphatic rings. The van der Waals surface area contributed by atoms with Gasteiger partial charge in [0.1, 0.15) is 0 Å². The summed E-state index contributed by atoms with van der Waals surface area (Å²) in [5.74, 6) is 0.630. The van der Waals surface area contributed by atoms with Gasteiger partial charge < -0.3 is 4.84 Å². The van der Waals surface area contributed by atoms with Gasteiger partial charge in [0.15, 0.2) is 6.17 Å². The van der Waals surface area contributed by atoms with Gasteiger partial charge in [0.05, 0.1) is 0 Å². The van der Waals surface area contributed by atoms with E-state index < -0.39 is 0 Å². The van der Waals surface area contributed by atoms with Gasteiger partial charge >= 0.3 is 0 Å². The molecule has 1 unspecified atom stereocenters. The molecular weight excluding hydrogens is 248 g/mol. The molecule has 0 saturated heterocycles. The standard InChI is InChI=1S/C17H16N2O/c1-19-17(15-10-6-3-7-11-15)18-16(20-19)13-12-14-8-4-2-5-9-14/h2-13,17H,1H3/b13-12+. The van der Waals surface area contributed by atoms with Crippen LogP contribution in [0.4, 0.5) is 0 Å². The lowest BCUT2D eigenvalue weighted by Gasteiger charge is -2.15. The molecule has 1 atom stereocenters. The van der Waals surface area contributed by atoms with Crippen molar-refractivity contribution in [3.63, 3.8) is 0 Å². The van der Waals surface area contributed by atoms with Gasteiger partial charge in [-0.1, -0.05) is 60.7 Å². The first-order valence-corrected chi connectivity index (χ1v) is 6.59. The van der Waals surface area contributed by atoms with Gasteiger partial charge in [-0.3, -0.25) is 0 Å². The van der Waals surface area contributed by atoms with E-state index in [1.54, 1.807) is 5.06 Å². The van der Waals surface area contributed by atoms with Crippen molar-refractivity contribution in [3.05, 3.63) is 77.9 Å². The summed E-state index contributed by atoms with van der Waals surface area (Å²) in [6, 6.07) is 20.2. The number of rotatable bonds is 3. The lowest BCUT2D eigenvalue weighted by atomic mass is 10.2. The van der Waals surface area contributed by atoms with Gasteiger partial charge in [-0.2, -0.15) is 0 Å². The predicted octanol–water partition coefficient (Wildman–Crippen LogP) is 3.67. The largest absolute Gasteiger partial charge is 0.384 e. The summed E-state index contributed by atoms with van der Waals surface area (Å²) in [6.45, 7) is 0. The minimum absolute atomic E-state index is 0.0772. The third kappa shape index (κ3) is 2.78. The highest BCUT2D eigenvalue weighted by molar-refractivity contribution is 5.92. The molecule has 20 heavy (non-hydrogen) atoms. The topological polar surface area (TPSA) is 24.8 Å². The van der Waals surface area contributed by atoms with Gasteiger partial charge in [-0.15, -0.1) is 5.06 Å². The molecule has 0 aliphatic carbocycles. The van der Waals surface area contributed by atoms with E-state index in [-0.39, 0.29) is 6.17 Å². The molecule has 3 rings (SSSR count). The molecule has 0 bridgehead atoms. The highest BCUT2D eigenvalue weighted by atomic mass is 16.7. The van der Waals surface area contributed by atoms with Crippen LogP contribution < -0.4 is 0 Å². The first-order chi connectivity index (χ1) is 9.83. The Morgan fingerprint density at radius 3 is 2.30 bits per heavy atom. The maximum Gasteiger partial charge on any atom is 0.235 e. The average molecular weight is 264 g/mol. The van der Waals surface area contributed by atoms with E-state index in [1.165, 1.54) is 0 Å². The minimum atomic E-state index is -0.0772. The first kappa shape index (κ1) is 12.6. The Labute approximate surface area is 118 Å². The summed E-state index contributed by atoms with van der Waals surface area (Å²) in [4.78, 5) is 10.2. The first-order valence-electron chi connectivity index (χ1n) is 6.59. The van der Waals surface area contributed by atoms with E-state index >= 15 is 0 Å². The third-order valence-electron chi connectivity index (χ3n) is 3.15. The van der Waals surface area contributed by atoms with Crippen molar-refractivity contribution in [1.29, 1.82) is 0 Å². The van der Waals surface area contributed by atoms with Crippen molar-refractivity contribution < 1.29 is 4.84 Å². The van der Waals surface area contributed by atoms with Crippen LogP contribution in [0.3, 0.4) is 0 Å². The molecule has 3 nitrogen and oxygen atoms in total. The Bertz CT molecular complexity index is 620. The summed E-state index contributed by atoms with van der Waals surface area (Å²) < 4.78 is 0. The zero-order valence-corrected chi connectivity index (χ0v) is 11.3. The van der Waals surface area contributed by atoms with Crippen LogP contribution >= 0.6 is 0 Å². The van der Waals surface area contributed by atoms with Gasteiger partial charge in [-0.25, -0.2) is 4.99 Å². The zero-order valence-electron chi connectivity index (χ0n) is 11.3. The van der Waals surface area contributed by atoms with Crippen LogP contribution in [0.2, 0.25) is 0 Å². The fraction of sp³-hybridized carbons (Fsp3) is 0.118. The molecule has 2 aromatic rings. The third-order valence-corrected chi connectivity index (χ3v) is 3.15. The van der Waals surface area contributed by atoms with E-state index in [0.717, 1.165) is 11.1 Å². The van der Waals surface area contributed by atoms with Crippen LogP contribution in [-0.4, -0.2) is 18.0 Å². The van der Waals surface area contributed by atoms with Crippen molar-refractivity contribution in [2.75, 3.05) is 7.05 Å². The second kappa shape index (κ2) is 5.72. The van der Waals surface area contributed by atoms with Crippen LogP contribution in [0.25, 0.3) is 6.08 Å². The number of nitrogens with zero attached hydrogens (tertiary/aromatic N) is 2. The van der Waals surface area contributed by atoms with Crippen molar-refractivity contribution in [1.82, 2.24) is 5.06 Å². The van der Waals surface area contributed by atoms with Crippen molar-refractivity contribution in [2.24, 2.45) is 4.99 Å². The normalized spacial score (nSPS) is 19.1. The minimum Gasteiger partial charge on any atom is -0.384 e. The second-order valence-corrected chi connectivity index (χ2v) is 4.63. The van der Waals surface area contributed by atoms with Crippen LogP contribution in [0.15, 0.2) is 71.7 Å². The molecule has 1 heterocycles. The molecule has 0 amide bonds. The van der Waals surface area contributed by atoms with Gasteiger partial charge in [0.2, 0.25) is 5.90 Å². The summed E-state index contributed by atoms with van der Waals surface area (Å²) in [7, 11) is 1.89. The predicted molar refractivity (Wildman–Crippen MR) is 80.9 cm³/mol. The summed E-state index contributed by atoms with van der Waals surface area (Å²) in [5.41, 5.74) is 2.25. The highest BCUT2D eigenvalue weighted by Gasteiger charge is 2.24. The Kier molecular flexibility index (Phi) is 3.61. The lowest BCUT2D eigenvalue weighted by molar-refractivity contribution is -0.0567. The molecule has 0 saturated carbocycles. The fourth-order valence-electron chi connectivity index (χ4n) is 2.14. The van der Waals surface area contributed by atoms with Gasteiger partial charge in [-0.05, 0) is 17.2 Å².